The summed E-state index contributed by atoms with van der Waals surface area (Å²) in [6.07, 6.45) is 13.3. The highest BCUT2D eigenvalue weighted by Gasteiger charge is 2.43. The summed E-state index contributed by atoms with van der Waals surface area (Å²) in [5.74, 6) is -0.101. The standard InChI is InChI=1S/C30H38N2O3/c1-7-10-24(21-34)17-22(4)25(8-2)20-31-23(5)18-27-19-26(29(35)32(6)15-16-33)11-12-28(27)30(9-3)13-14-30/h7-8,10-12,17,19-21,33H,1-2,9,13-16,18H2,3-6H3/b22-17+,24-10+,25-20+,31-23?. The number of carbonyl (C=O) groups is 2. The maximum atomic E-state index is 12.8. The first-order valence-corrected chi connectivity index (χ1v) is 12.1. The number of hydrogen-bond donors (Lipinski definition) is 1. The van der Waals surface area contributed by atoms with Crippen LogP contribution in [0.1, 0.15) is 61.5 Å². The molecule has 186 valence electrons. The molecule has 0 saturated heterocycles. The monoisotopic (exact) mass is 474 g/mol. The van der Waals surface area contributed by atoms with E-state index >= 15 is 0 Å². The van der Waals surface area contributed by atoms with Gasteiger partial charge in [0.05, 0.1) is 6.61 Å². The summed E-state index contributed by atoms with van der Waals surface area (Å²) in [5.41, 5.74) is 6.36. The first-order valence-electron chi connectivity index (χ1n) is 12.1. The van der Waals surface area contributed by atoms with Crippen molar-refractivity contribution < 1.29 is 14.7 Å². The fraction of sp³-hybridized carbons (Fsp3) is 0.367. The molecule has 1 amide bonds. The van der Waals surface area contributed by atoms with E-state index in [1.54, 1.807) is 37.6 Å². The Morgan fingerprint density at radius 3 is 2.51 bits per heavy atom. The number of benzene rings is 1. The number of rotatable bonds is 13. The molecule has 0 radical (unpaired) electrons. The van der Waals surface area contributed by atoms with Crippen LogP contribution in [-0.2, 0) is 16.6 Å². The fourth-order valence-electron chi connectivity index (χ4n) is 4.23. The third-order valence-electron chi connectivity index (χ3n) is 6.61. The van der Waals surface area contributed by atoms with Gasteiger partial charge in [0, 0.05) is 43.1 Å². The van der Waals surface area contributed by atoms with Crippen molar-refractivity contribution in [3.05, 3.63) is 95.3 Å². The maximum absolute atomic E-state index is 12.8. The Hall–Kier alpha value is -3.31. The van der Waals surface area contributed by atoms with Gasteiger partial charge in [0.1, 0.15) is 6.29 Å². The second-order valence-electron chi connectivity index (χ2n) is 9.13. The van der Waals surface area contributed by atoms with Gasteiger partial charge in [-0.15, -0.1) is 0 Å². The second-order valence-corrected chi connectivity index (χ2v) is 9.13. The van der Waals surface area contributed by atoms with Gasteiger partial charge in [-0.3, -0.25) is 14.6 Å². The van der Waals surface area contributed by atoms with Crippen LogP contribution in [0.15, 0.2) is 83.6 Å². The molecule has 1 aromatic carbocycles. The van der Waals surface area contributed by atoms with E-state index in [1.807, 2.05) is 26.0 Å². The van der Waals surface area contributed by atoms with Crippen molar-refractivity contribution in [3.8, 4) is 0 Å². The summed E-state index contributed by atoms with van der Waals surface area (Å²) in [7, 11) is 1.70. The number of aliphatic hydroxyl groups is 1. The van der Waals surface area contributed by atoms with Gasteiger partial charge in [-0.05, 0) is 79.0 Å². The highest BCUT2D eigenvalue weighted by molar-refractivity contribution is 5.95. The first-order chi connectivity index (χ1) is 16.7. The van der Waals surface area contributed by atoms with Crippen LogP contribution in [0, 0.1) is 0 Å². The predicted octanol–water partition coefficient (Wildman–Crippen LogP) is 5.52. The highest BCUT2D eigenvalue weighted by Crippen LogP contribution is 2.52. The third kappa shape index (κ3) is 7.33. The summed E-state index contributed by atoms with van der Waals surface area (Å²) in [5, 5.41) is 9.20. The molecule has 0 aliphatic heterocycles. The summed E-state index contributed by atoms with van der Waals surface area (Å²) in [4.78, 5) is 30.3. The molecule has 0 unspecified atom stereocenters. The topological polar surface area (TPSA) is 70.0 Å². The molecule has 35 heavy (non-hydrogen) atoms. The van der Waals surface area contributed by atoms with E-state index in [4.69, 9.17) is 0 Å². The number of allylic oxidation sites excluding steroid dienone is 7. The van der Waals surface area contributed by atoms with Gasteiger partial charge in [0.25, 0.3) is 5.91 Å². The van der Waals surface area contributed by atoms with Gasteiger partial charge >= 0.3 is 0 Å². The maximum Gasteiger partial charge on any atom is 0.253 e. The average molecular weight is 475 g/mol. The molecule has 0 bridgehead atoms. The molecule has 1 saturated carbocycles. The van der Waals surface area contributed by atoms with Crippen molar-refractivity contribution >= 4 is 17.9 Å². The van der Waals surface area contributed by atoms with E-state index in [9.17, 15) is 14.7 Å². The predicted molar refractivity (Wildman–Crippen MR) is 145 cm³/mol. The number of aliphatic imine (C=N–C) groups is 1. The Bertz CT molecular complexity index is 1080. The lowest BCUT2D eigenvalue weighted by atomic mass is 9.86. The second kappa shape index (κ2) is 13.0. The molecular formula is C30H38N2O3. The largest absolute Gasteiger partial charge is 0.395 e. The molecule has 1 aliphatic carbocycles. The first kappa shape index (κ1) is 27.9. The third-order valence-corrected chi connectivity index (χ3v) is 6.61. The molecule has 1 N–H and O–H groups in total. The van der Waals surface area contributed by atoms with Crippen LogP contribution in [0.2, 0.25) is 0 Å². The van der Waals surface area contributed by atoms with Crippen molar-refractivity contribution in [3.63, 3.8) is 0 Å². The Balaban J connectivity index is 2.39. The van der Waals surface area contributed by atoms with Crippen LogP contribution in [0.4, 0.5) is 0 Å². The number of aliphatic hydroxyl groups excluding tert-OH is 1. The van der Waals surface area contributed by atoms with Gasteiger partial charge < -0.3 is 10.0 Å². The zero-order chi connectivity index (χ0) is 26.0. The van der Waals surface area contributed by atoms with Crippen LogP contribution in [0.3, 0.4) is 0 Å². The van der Waals surface area contributed by atoms with Crippen LogP contribution in [0.5, 0.6) is 0 Å². The Kier molecular flexibility index (Phi) is 10.3. The lowest BCUT2D eigenvalue weighted by Gasteiger charge is -2.21. The fourth-order valence-corrected chi connectivity index (χ4v) is 4.23. The van der Waals surface area contributed by atoms with E-state index < -0.39 is 0 Å². The summed E-state index contributed by atoms with van der Waals surface area (Å²) >= 11 is 0. The smallest absolute Gasteiger partial charge is 0.253 e. The number of aldehydes is 1. The van der Waals surface area contributed by atoms with Crippen molar-refractivity contribution in [1.29, 1.82) is 0 Å². The lowest BCUT2D eigenvalue weighted by molar-refractivity contribution is -0.104. The lowest BCUT2D eigenvalue weighted by Crippen LogP contribution is -2.29. The highest BCUT2D eigenvalue weighted by atomic mass is 16.3. The van der Waals surface area contributed by atoms with Crippen molar-refractivity contribution in [2.75, 3.05) is 20.2 Å². The molecule has 0 aromatic heterocycles. The molecule has 0 atom stereocenters. The van der Waals surface area contributed by atoms with Crippen molar-refractivity contribution in [1.82, 2.24) is 4.90 Å². The Labute approximate surface area is 210 Å². The van der Waals surface area contributed by atoms with E-state index in [-0.39, 0.29) is 17.9 Å². The van der Waals surface area contributed by atoms with Crippen LogP contribution in [-0.4, -0.2) is 48.1 Å². The SMILES string of the molecule is C=C\C=C(C=O)/C=C(C)/C(C=C)=C/N=C(C)Cc1cc(C(=O)N(C)CCO)ccc1C1(CC)CC1. The molecule has 1 aromatic rings. The minimum absolute atomic E-state index is 0.0680. The van der Waals surface area contributed by atoms with Crippen LogP contribution >= 0.6 is 0 Å². The summed E-state index contributed by atoms with van der Waals surface area (Å²) < 4.78 is 0. The number of nitrogens with zero attached hydrogens (tertiary/aromatic N) is 2. The number of likely N-dealkylation sites (N-methyl/N-ethyl adjacent to an activating group) is 1. The molecule has 5 nitrogen and oxygen atoms in total. The van der Waals surface area contributed by atoms with E-state index in [0.717, 1.165) is 48.0 Å². The average Bonchev–Trinajstić information content (AvgIpc) is 3.64. The molecule has 5 heteroatoms. The zero-order valence-electron chi connectivity index (χ0n) is 21.5. The molecule has 0 spiro atoms. The van der Waals surface area contributed by atoms with Crippen molar-refractivity contribution in [2.24, 2.45) is 4.99 Å². The van der Waals surface area contributed by atoms with Crippen LogP contribution < -0.4 is 0 Å². The van der Waals surface area contributed by atoms with E-state index in [0.29, 0.717) is 24.1 Å². The number of hydrogen-bond acceptors (Lipinski definition) is 4. The van der Waals surface area contributed by atoms with Gasteiger partial charge in [0.15, 0.2) is 0 Å². The summed E-state index contributed by atoms with van der Waals surface area (Å²) in [6.45, 7) is 13.9. The van der Waals surface area contributed by atoms with Crippen LogP contribution in [0.25, 0.3) is 0 Å². The Morgan fingerprint density at radius 2 is 1.97 bits per heavy atom. The van der Waals surface area contributed by atoms with Gasteiger partial charge in [-0.2, -0.15) is 0 Å². The van der Waals surface area contributed by atoms with Gasteiger partial charge in [0.2, 0.25) is 0 Å². The minimum Gasteiger partial charge on any atom is -0.395 e. The normalized spacial score (nSPS) is 16.0. The quantitative estimate of drug-likeness (QED) is 0.177. The molecule has 1 fully saturated rings. The number of amides is 1. The molecule has 2 rings (SSSR count). The van der Waals surface area contributed by atoms with Gasteiger partial charge in [-0.25, -0.2) is 0 Å². The Morgan fingerprint density at radius 1 is 1.26 bits per heavy atom. The van der Waals surface area contributed by atoms with Crippen molar-refractivity contribution in [2.45, 2.75) is 51.9 Å². The molecular weight excluding hydrogens is 436 g/mol. The summed E-state index contributed by atoms with van der Waals surface area (Å²) in [6, 6.07) is 5.99. The van der Waals surface area contributed by atoms with Gasteiger partial charge in [-0.1, -0.05) is 44.4 Å². The van der Waals surface area contributed by atoms with E-state index in [1.165, 1.54) is 10.5 Å². The molecule has 1 aliphatic rings. The number of carbonyl (C=O) groups excluding carboxylic acids is 2. The minimum atomic E-state index is -0.101. The van der Waals surface area contributed by atoms with E-state index in [2.05, 4.69) is 31.1 Å². The zero-order valence-corrected chi connectivity index (χ0v) is 21.5. The molecule has 0 heterocycles.